The SMILES string of the molecule is OC(Cc1ccccn1)c1cncc2ccccc12. The molecule has 0 aliphatic rings. The number of nitrogens with zero attached hydrogens (tertiary/aromatic N) is 2. The molecule has 1 atom stereocenters. The van der Waals surface area contributed by atoms with Crippen molar-refractivity contribution in [3.63, 3.8) is 0 Å². The minimum absolute atomic E-state index is 0.497. The quantitative estimate of drug-likeness (QED) is 0.777. The van der Waals surface area contributed by atoms with Gasteiger partial charge in [0.25, 0.3) is 0 Å². The maximum atomic E-state index is 10.4. The van der Waals surface area contributed by atoms with Gasteiger partial charge in [-0.25, -0.2) is 0 Å². The Balaban J connectivity index is 1.96. The molecule has 0 fully saturated rings. The van der Waals surface area contributed by atoms with E-state index in [0.717, 1.165) is 22.0 Å². The number of aliphatic hydroxyl groups is 1. The molecule has 1 aromatic carbocycles. The van der Waals surface area contributed by atoms with E-state index in [1.807, 2.05) is 48.7 Å². The van der Waals surface area contributed by atoms with Crippen LogP contribution in [0.5, 0.6) is 0 Å². The third kappa shape index (κ3) is 2.46. The van der Waals surface area contributed by atoms with Crippen LogP contribution >= 0.6 is 0 Å². The number of benzene rings is 1. The first-order valence-electron chi connectivity index (χ1n) is 6.25. The van der Waals surface area contributed by atoms with Gasteiger partial charge in [0.15, 0.2) is 0 Å². The maximum Gasteiger partial charge on any atom is 0.0866 e. The van der Waals surface area contributed by atoms with E-state index in [9.17, 15) is 5.11 Å². The molecule has 0 aliphatic carbocycles. The van der Waals surface area contributed by atoms with Gasteiger partial charge in [-0.3, -0.25) is 9.97 Å². The van der Waals surface area contributed by atoms with E-state index in [1.54, 1.807) is 12.4 Å². The molecule has 3 rings (SSSR count). The minimum atomic E-state index is -0.589. The fraction of sp³-hybridized carbons (Fsp3) is 0.125. The number of fused-ring (bicyclic) bond motifs is 1. The van der Waals surface area contributed by atoms with Crippen molar-refractivity contribution in [3.8, 4) is 0 Å². The normalized spacial score (nSPS) is 12.5. The standard InChI is InChI=1S/C16H14N2O/c19-16(9-13-6-3-4-8-18-13)15-11-17-10-12-5-1-2-7-14(12)15/h1-8,10-11,16,19H,9H2. The molecule has 3 heteroatoms. The van der Waals surface area contributed by atoms with Gasteiger partial charge in [-0.05, 0) is 17.5 Å². The van der Waals surface area contributed by atoms with E-state index in [0.29, 0.717) is 6.42 Å². The second-order valence-corrected chi connectivity index (χ2v) is 4.49. The van der Waals surface area contributed by atoms with Crippen molar-refractivity contribution in [1.29, 1.82) is 0 Å². The highest BCUT2D eigenvalue weighted by molar-refractivity contribution is 5.84. The smallest absolute Gasteiger partial charge is 0.0866 e. The van der Waals surface area contributed by atoms with Gasteiger partial charge in [-0.15, -0.1) is 0 Å². The molecule has 1 unspecified atom stereocenters. The van der Waals surface area contributed by atoms with Crippen LogP contribution in [0.1, 0.15) is 17.4 Å². The van der Waals surface area contributed by atoms with Crippen LogP contribution in [0.15, 0.2) is 61.1 Å². The summed E-state index contributed by atoms with van der Waals surface area (Å²) in [5.41, 5.74) is 1.73. The Kier molecular flexibility index (Phi) is 3.21. The highest BCUT2D eigenvalue weighted by Gasteiger charge is 2.12. The zero-order valence-corrected chi connectivity index (χ0v) is 10.4. The fourth-order valence-electron chi connectivity index (χ4n) is 2.23. The van der Waals surface area contributed by atoms with Gasteiger partial charge < -0.3 is 5.11 Å². The summed E-state index contributed by atoms with van der Waals surface area (Å²) in [5, 5.41) is 12.5. The lowest BCUT2D eigenvalue weighted by Crippen LogP contribution is -2.04. The number of hydrogen-bond donors (Lipinski definition) is 1. The maximum absolute atomic E-state index is 10.4. The van der Waals surface area contributed by atoms with E-state index >= 15 is 0 Å². The summed E-state index contributed by atoms with van der Waals surface area (Å²) in [7, 11) is 0. The molecule has 3 aromatic rings. The van der Waals surface area contributed by atoms with Crippen LogP contribution in [0, 0.1) is 0 Å². The summed E-state index contributed by atoms with van der Waals surface area (Å²) in [6, 6.07) is 13.7. The van der Waals surface area contributed by atoms with Crippen LogP contribution in [-0.4, -0.2) is 15.1 Å². The molecule has 0 aliphatic heterocycles. The topological polar surface area (TPSA) is 46.0 Å². The summed E-state index contributed by atoms with van der Waals surface area (Å²) in [6.45, 7) is 0. The number of hydrogen-bond acceptors (Lipinski definition) is 3. The molecule has 0 saturated carbocycles. The summed E-state index contributed by atoms with van der Waals surface area (Å²) < 4.78 is 0. The first-order chi connectivity index (χ1) is 9.34. The highest BCUT2D eigenvalue weighted by Crippen LogP contribution is 2.25. The predicted molar refractivity (Wildman–Crippen MR) is 74.6 cm³/mol. The summed E-state index contributed by atoms with van der Waals surface area (Å²) in [6.07, 6.45) is 5.19. The molecule has 1 N–H and O–H groups in total. The molecular formula is C16H14N2O. The molecule has 0 amide bonds. The van der Waals surface area contributed by atoms with Gasteiger partial charge in [0, 0.05) is 41.7 Å². The third-order valence-corrected chi connectivity index (χ3v) is 3.19. The van der Waals surface area contributed by atoms with Crippen molar-refractivity contribution in [1.82, 2.24) is 9.97 Å². The average Bonchev–Trinajstić information content (AvgIpc) is 2.47. The lowest BCUT2D eigenvalue weighted by molar-refractivity contribution is 0.178. The molecule has 3 nitrogen and oxygen atoms in total. The molecule has 2 heterocycles. The Morgan fingerprint density at radius 2 is 1.84 bits per heavy atom. The lowest BCUT2D eigenvalue weighted by Gasteiger charge is -2.12. The van der Waals surface area contributed by atoms with Crippen LogP contribution < -0.4 is 0 Å². The average molecular weight is 250 g/mol. The second kappa shape index (κ2) is 5.16. The van der Waals surface area contributed by atoms with E-state index in [-0.39, 0.29) is 0 Å². The van der Waals surface area contributed by atoms with Gasteiger partial charge >= 0.3 is 0 Å². The summed E-state index contributed by atoms with van der Waals surface area (Å²) in [4.78, 5) is 8.44. The van der Waals surface area contributed by atoms with Crippen LogP contribution in [0.3, 0.4) is 0 Å². The minimum Gasteiger partial charge on any atom is -0.388 e. The number of rotatable bonds is 3. The first kappa shape index (κ1) is 11.8. The van der Waals surface area contributed by atoms with Crippen molar-refractivity contribution in [2.24, 2.45) is 0 Å². The largest absolute Gasteiger partial charge is 0.388 e. The predicted octanol–water partition coefficient (Wildman–Crippen LogP) is 2.91. The zero-order chi connectivity index (χ0) is 13.1. The molecular weight excluding hydrogens is 236 g/mol. The zero-order valence-electron chi connectivity index (χ0n) is 10.4. The lowest BCUT2D eigenvalue weighted by atomic mass is 10.0. The van der Waals surface area contributed by atoms with Crippen molar-refractivity contribution in [3.05, 3.63) is 72.3 Å². The van der Waals surface area contributed by atoms with E-state index in [2.05, 4.69) is 9.97 Å². The second-order valence-electron chi connectivity index (χ2n) is 4.49. The Morgan fingerprint density at radius 1 is 1.00 bits per heavy atom. The van der Waals surface area contributed by atoms with Gasteiger partial charge in [-0.1, -0.05) is 30.3 Å². The Labute approximate surface area is 111 Å². The van der Waals surface area contributed by atoms with Gasteiger partial charge in [-0.2, -0.15) is 0 Å². The van der Waals surface area contributed by atoms with Crippen molar-refractivity contribution in [2.75, 3.05) is 0 Å². The molecule has 0 radical (unpaired) electrons. The Bertz CT molecular complexity index is 677. The molecule has 0 bridgehead atoms. The molecule has 94 valence electrons. The van der Waals surface area contributed by atoms with E-state index in [1.165, 1.54) is 0 Å². The number of pyridine rings is 2. The van der Waals surface area contributed by atoms with Crippen LogP contribution in [0.25, 0.3) is 10.8 Å². The van der Waals surface area contributed by atoms with Crippen LogP contribution in [0.4, 0.5) is 0 Å². The highest BCUT2D eigenvalue weighted by atomic mass is 16.3. The number of aliphatic hydroxyl groups excluding tert-OH is 1. The van der Waals surface area contributed by atoms with Crippen LogP contribution in [0.2, 0.25) is 0 Å². The van der Waals surface area contributed by atoms with Gasteiger partial charge in [0.05, 0.1) is 6.10 Å². The summed E-state index contributed by atoms with van der Waals surface area (Å²) in [5.74, 6) is 0. The molecule has 19 heavy (non-hydrogen) atoms. The molecule has 2 aromatic heterocycles. The third-order valence-electron chi connectivity index (χ3n) is 3.19. The van der Waals surface area contributed by atoms with Gasteiger partial charge in [0.2, 0.25) is 0 Å². The van der Waals surface area contributed by atoms with Crippen LogP contribution in [-0.2, 0) is 6.42 Å². The molecule has 0 saturated heterocycles. The van der Waals surface area contributed by atoms with Crippen molar-refractivity contribution in [2.45, 2.75) is 12.5 Å². The fourth-order valence-corrected chi connectivity index (χ4v) is 2.23. The van der Waals surface area contributed by atoms with E-state index in [4.69, 9.17) is 0 Å². The summed E-state index contributed by atoms with van der Waals surface area (Å²) >= 11 is 0. The van der Waals surface area contributed by atoms with Crippen molar-refractivity contribution < 1.29 is 5.11 Å². The van der Waals surface area contributed by atoms with Crippen molar-refractivity contribution >= 4 is 10.8 Å². The Hall–Kier alpha value is -2.26. The molecule has 0 spiro atoms. The van der Waals surface area contributed by atoms with E-state index < -0.39 is 6.10 Å². The first-order valence-corrected chi connectivity index (χ1v) is 6.25. The monoisotopic (exact) mass is 250 g/mol. The number of aromatic nitrogens is 2. The van der Waals surface area contributed by atoms with Gasteiger partial charge in [0.1, 0.15) is 0 Å². The Morgan fingerprint density at radius 3 is 2.68 bits per heavy atom.